The zero-order chi connectivity index (χ0) is 15.7. The molecule has 1 N–H and O–H groups in total. The minimum atomic E-state index is -1.60. The van der Waals surface area contributed by atoms with E-state index in [1.807, 2.05) is 12.1 Å². The van der Waals surface area contributed by atoms with Crippen LogP contribution in [0.25, 0.3) is 0 Å². The molecule has 0 heterocycles. The second-order valence-electron chi connectivity index (χ2n) is 7.56. The number of rotatable bonds is 6. The van der Waals surface area contributed by atoms with Gasteiger partial charge >= 0.3 is 0 Å². The van der Waals surface area contributed by atoms with Crippen molar-refractivity contribution in [3.63, 3.8) is 0 Å². The number of benzene rings is 1. The fourth-order valence-corrected chi connectivity index (χ4v) is 3.44. The molecule has 0 amide bonds. The van der Waals surface area contributed by atoms with Gasteiger partial charge in [0.05, 0.1) is 0 Å². The molecule has 1 fully saturated rings. The summed E-state index contributed by atoms with van der Waals surface area (Å²) < 4.78 is 6.19. The van der Waals surface area contributed by atoms with E-state index in [0.29, 0.717) is 17.0 Å². The summed E-state index contributed by atoms with van der Waals surface area (Å²) >= 11 is 5.93. The molecule has 1 aromatic rings. The number of hydrogen-bond acceptors (Lipinski definition) is 2. The van der Waals surface area contributed by atoms with Crippen molar-refractivity contribution in [3.8, 4) is 0 Å². The Labute approximate surface area is 135 Å². The van der Waals surface area contributed by atoms with E-state index >= 15 is 0 Å². The van der Waals surface area contributed by atoms with Crippen LogP contribution in [0.15, 0.2) is 24.3 Å². The number of hydrogen-bond donors (Lipinski definition) is 1. The van der Waals surface area contributed by atoms with E-state index in [0.717, 1.165) is 18.2 Å². The predicted molar refractivity (Wildman–Crippen MR) is 93.7 cm³/mol. The maximum atomic E-state index is 6.19. The largest absolute Gasteiger partial charge is 0.416 e. The molecule has 0 saturated heterocycles. The van der Waals surface area contributed by atoms with Crippen LogP contribution < -0.4 is 5.32 Å². The third kappa shape index (κ3) is 4.56. The molecule has 0 bridgehead atoms. The molecule has 0 spiro atoms. The highest BCUT2D eigenvalue weighted by Gasteiger charge is 2.39. The van der Waals surface area contributed by atoms with E-state index in [1.54, 1.807) is 0 Å². The molecule has 2 nitrogen and oxygen atoms in total. The molecule has 4 heteroatoms. The van der Waals surface area contributed by atoms with Crippen molar-refractivity contribution < 1.29 is 4.43 Å². The van der Waals surface area contributed by atoms with Gasteiger partial charge in [-0.05, 0) is 42.2 Å². The number of halogens is 1. The first kappa shape index (κ1) is 17.0. The standard InChI is InChI=1S/C17H28ClNOSi/c1-17(2,3)21(4,5)20-11-10-19-16-12-15(16)13-6-8-14(18)9-7-13/h6-9,15-16,19H,10-12H2,1-5H3. The molecule has 1 aromatic carbocycles. The Morgan fingerprint density at radius 3 is 2.43 bits per heavy atom. The first-order chi connectivity index (χ1) is 9.71. The minimum absolute atomic E-state index is 0.290. The van der Waals surface area contributed by atoms with Gasteiger partial charge < -0.3 is 9.74 Å². The molecule has 21 heavy (non-hydrogen) atoms. The number of nitrogens with one attached hydrogen (secondary N) is 1. The van der Waals surface area contributed by atoms with Gasteiger partial charge in [-0.2, -0.15) is 0 Å². The molecule has 1 aliphatic carbocycles. The van der Waals surface area contributed by atoms with E-state index in [9.17, 15) is 0 Å². The molecule has 118 valence electrons. The molecule has 1 aliphatic rings. The van der Waals surface area contributed by atoms with E-state index in [4.69, 9.17) is 16.0 Å². The lowest BCUT2D eigenvalue weighted by molar-refractivity contribution is 0.285. The molecular formula is C17H28ClNOSi. The van der Waals surface area contributed by atoms with E-state index < -0.39 is 8.32 Å². The fraction of sp³-hybridized carbons (Fsp3) is 0.647. The normalized spacial score (nSPS) is 22.4. The lowest BCUT2D eigenvalue weighted by atomic mass is 10.1. The minimum Gasteiger partial charge on any atom is -0.416 e. The lowest BCUT2D eigenvalue weighted by Crippen LogP contribution is -2.42. The van der Waals surface area contributed by atoms with Crippen molar-refractivity contribution in [3.05, 3.63) is 34.9 Å². The van der Waals surface area contributed by atoms with Gasteiger partial charge in [-0.3, -0.25) is 0 Å². The SMILES string of the molecule is CC(C)(C)[Si](C)(C)OCCNC1CC1c1ccc(Cl)cc1. The first-order valence-corrected chi connectivity index (χ1v) is 11.1. The van der Waals surface area contributed by atoms with Crippen molar-refractivity contribution in [1.29, 1.82) is 0 Å². The highest BCUT2D eigenvalue weighted by atomic mass is 35.5. The molecule has 1 saturated carbocycles. The Balaban J connectivity index is 1.69. The molecule has 0 aromatic heterocycles. The van der Waals surface area contributed by atoms with Crippen LogP contribution in [-0.4, -0.2) is 27.5 Å². The fourth-order valence-electron chi connectivity index (χ4n) is 2.27. The summed E-state index contributed by atoms with van der Waals surface area (Å²) in [4.78, 5) is 0. The lowest BCUT2D eigenvalue weighted by Gasteiger charge is -2.36. The molecule has 0 radical (unpaired) electrons. The Morgan fingerprint density at radius 2 is 1.86 bits per heavy atom. The predicted octanol–water partition coefficient (Wildman–Crippen LogP) is 4.81. The smallest absolute Gasteiger partial charge is 0.192 e. The van der Waals surface area contributed by atoms with E-state index in [2.05, 4.69) is 51.3 Å². The van der Waals surface area contributed by atoms with Crippen LogP contribution in [0, 0.1) is 0 Å². The van der Waals surface area contributed by atoms with E-state index in [1.165, 1.54) is 12.0 Å². The van der Waals surface area contributed by atoms with Gasteiger partial charge in [-0.15, -0.1) is 0 Å². The van der Waals surface area contributed by atoms with Gasteiger partial charge in [-0.1, -0.05) is 44.5 Å². The highest BCUT2D eigenvalue weighted by Crippen LogP contribution is 2.41. The zero-order valence-electron chi connectivity index (χ0n) is 13.9. The third-order valence-corrected chi connectivity index (χ3v) is 9.66. The van der Waals surface area contributed by atoms with Gasteiger partial charge in [0.25, 0.3) is 0 Å². The van der Waals surface area contributed by atoms with E-state index in [-0.39, 0.29) is 0 Å². The quantitative estimate of drug-likeness (QED) is 0.598. The van der Waals surface area contributed by atoms with Crippen LogP contribution in [-0.2, 0) is 4.43 Å². The average Bonchev–Trinajstić information content (AvgIpc) is 3.14. The second kappa shape index (κ2) is 6.41. The Hall–Kier alpha value is -0.353. The van der Waals surface area contributed by atoms with Crippen LogP contribution in [0.1, 0.15) is 38.7 Å². The zero-order valence-corrected chi connectivity index (χ0v) is 15.6. The van der Waals surface area contributed by atoms with Crippen LogP contribution in [0.3, 0.4) is 0 Å². The average molecular weight is 326 g/mol. The van der Waals surface area contributed by atoms with Crippen LogP contribution >= 0.6 is 11.6 Å². The maximum Gasteiger partial charge on any atom is 0.192 e. The van der Waals surface area contributed by atoms with Gasteiger partial charge in [0.15, 0.2) is 8.32 Å². The van der Waals surface area contributed by atoms with Crippen molar-refractivity contribution in [2.24, 2.45) is 0 Å². The van der Waals surface area contributed by atoms with Crippen molar-refractivity contribution in [2.75, 3.05) is 13.2 Å². The summed E-state index contributed by atoms with van der Waals surface area (Å²) in [5.41, 5.74) is 1.39. The maximum absolute atomic E-state index is 6.19. The van der Waals surface area contributed by atoms with Gasteiger partial charge in [0, 0.05) is 30.1 Å². The first-order valence-electron chi connectivity index (χ1n) is 7.83. The molecular weight excluding hydrogens is 298 g/mol. The summed E-state index contributed by atoms with van der Waals surface area (Å²) in [5, 5.41) is 4.71. The topological polar surface area (TPSA) is 21.3 Å². The Bertz CT molecular complexity index is 467. The van der Waals surface area contributed by atoms with Crippen molar-refractivity contribution in [1.82, 2.24) is 5.32 Å². The molecule has 2 rings (SSSR count). The van der Waals surface area contributed by atoms with Crippen molar-refractivity contribution in [2.45, 2.75) is 57.3 Å². The van der Waals surface area contributed by atoms with Gasteiger partial charge in [0.2, 0.25) is 0 Å². The van der Waals surface area contributed by atoms with Gasteiger partial charge in [0.1, 0.15) is 0 Å². The monoisotopic (exact) mass is 325 g/mol. The summed E-state index contributed by atoms with van der Waals surface area (Å²) in [5.74, 6) is 0.648. The third-order valence-electron chi connectivity index (χ3n) is 4.87. The highest BCUT2D eigenvalue weighted by molar-refractivity contribution is 6.74. The second-order valence-corrected chi connectivity index (χ2v) is 12.8. The molecule has 2 atom stereocenters. The summed E-state index contributed by atoms with van der Waals surface area (Å²) in [6.45, 7) is 13.2. The molecule has 0 aliphatic heterocycles. The van der Waals surface area contributed by atoms with Crippen LogP contribution in [0.5, 0.6) is 0 Å². The Kier molecular flexibility index (Phi) is 5.19. The van der Waals surface area contributed by atoms with Crippen molar-refractivity contribution >= 4 is 19.9 Å². The summed E-state index contributed by atoms with van der Waals surface area (Å²) in [6.07, 6.45) is 1.22. The Morgan fingerprint density at radius 1 is 1.24 bits per heavy atom. The summed E-state index contributed by atoms with van der Waals surface area (Å²) in [7, 11) is -1.60. The van der Waals surface area contributed by atoms with Crippen LogP contribution in [0.4, 0.5) is 0 Å². The van der Waals surface area contributed by atoms with Crippen LogP contribution in [0.2, 0.25) is 23.2 Å². The molecule has 2 unspecified atom stereocenters. The van der Waals surface area contributed by atoms with Gasteiger partial charge in [-0.25, -0.2) is 0 Å². The summed E-state index contributed by atoms with van der Waals surface area (Å²) in [6, 6.07) is 8.84.